The van der Waals surface area contributed by atoms with Gasteiger partial charge in [0, 0.05) is 21.8 Å². The van der Waals surface area contributed by atoms with Gasteiger partial charge >= 0.3 is 0 Å². The lowest BCUT2D eigenvalue weighted by molar-refractivity contribution is 1.30. The molecule has 0 fully saturated rings. The summed E-state index contributed by atoms with van der Waals surface area (Å²) < 4.78 is 2.57. The highest BCUT2D eigenvalue weighted by Crippen LogP contribution is 2.28. The summed E-state index contributed by atoms with van der Waals surface area (Å²) in [4.78, 5) is 0. The molecule has 4 rings (SSSR count). The predicted molar refractivity (Wildman–Crippen MR) is 94.1 cm³/mol. The predicted octanol–water partition coefficient (Wildman–Crippen LogP) is 5.96. The van der Waals surface area contributed by atoms with Gasteiger partial charge in [-0.05, 0) is 34.4 Å². The van der Waals surface area contributed by atoms with Crippen molar-refractivity contribution in [1.82, 2.24) is 0 Å². The molecule has 0 bridgehead atoms. The van der Waals surface area contributed by atoms with Crippen molar-refractivity contribution in [1.29, 1.82) is 0 Å². The molecule has 0 aromatic heterocycles. The Balaban J connectivity index is 0.000000121. The van der Waals surface area contributed by atoms with E-state index in [0.717, 1.165) is 12.8 Å². The SMILES string of the molecule is BrC1=Cc2ccccc2C1.BrC1=Cc2ccccc2C1. The minimum absolute atomic E-state index is 1.07. The first kappa shape index (κ1) is 13.8. The van der Waals surface area contributed by atoms with E-state index in [9.17, 15) is 0 Å². The van der Waals surface area contributed by atoms with Crippen molar-refractivity contribution >= 4 is 44.0 Å². The zero-order valence-corrected chi connectivity index (χ0v) is 14.1. The molecule has 0 heterocycles. The van der Waals surface area contributed by atoms with Crippen LogP contribution in [0.25, 0.3) is 12.2 Å². The first-order valence-corrected chi connectivity index (χ1v) is 8.19. The van der Waals surface area contributed by atoms with Crippen molar-refractivity contribution in [2.75, 3.05) is 0 Å². The highest BCUT2D eigenvalue weighted by Gasteiger charge is 2.08. The van der Waals surface area contributed by atoms with Gasteiger partial charge in [-0.2, -0.15) is 0 Å². The smallest absolute Gasteiger partial charge is 0.00468 e. The normalized spacial score (nSPS) is 14.7. The summed E-state index contributed by atoms with van der Waals surface area (Å²) in [6.07, 6.45) is 6.48. The van der Waals surface area contributed by atoms with Crippen LogP contribution in [0.2, 0.25) is 0 Å². The van der Waals surface area contributed by atoms with Crippen molar-refractivity contribution in [3.63, 3.8) is 0 Å². The Bertz CT molecular complexity index is 635. The fourth-order valence-corrected chi connectivity index (χ4v) is 3.57. The highest BCUT2D eigenvalue weighted by atomic mass is 79.9. The van der Waals surface area contributed by atoms with Gasteiger partial charge in [0.2, 0.25) is 0 Å². The van der Waals surface area contributed by atoms with Gasteiger partial charge in [-0.1, -0.05) is 80.4 Å². The molecule has 0 radical (unpaired) electrons. The van der Waals surface area contributed by atoms with Gasteiger partial charge in [0.25, 0.3) is 0 Å². The Morgan fingerprint density at radius 3 is 1.40 bits per heavy atom. The molecule has 0 saturated heterocycles. The Kier molecular flexibility index (Phi) is 4.23. The maximum absolute atomic E-state index is 3.48. The van der Waals surface area contributed by atoms with E-state index in [1.165, 1.54) is 31.2 Å². The third-order valence-corrected chi connectivity index (χ3v) is 4.47. The van der Waals surface area contributed by atoms with E-state index in [1.54, 1.807) is 0 Å². The van der Waals surface area contributed by atoms with Crippen LogP contribution >= 0.6 is 31.9 Å². The first-order chi connectivity index (χ1) is 9.72. The van der Waals surface area contributed by atoms with Crippen LogP contribution in [0.3, 0.4) is 0 Å². The molecule has 0 atom stereocenters. The van der Waals surface area contributed by atoms with Gasteiger partial charge in [-0.3, -0.25) is 0 Å². The molecular formula is C18H14Br2. The van der Waals surface area contributed by atoms with E-state index < -0.39 is 0 Å². The lowest BCUT2D eigenvalue weighted by atomic mass is 10.1. The number of allylic oxidation sites excluding steroid dienone is 2. The van der Waals surface area contributed by atoms with Gasteiger partial charge in [-0.15, -0.1) is 0 Å². The minimum atomic E-state index is 1.07. The Morgan fingerprint density at radius 1 is 0.600 bits per heavy atom. The summed E-state index contributed by atoms with van der Waals surface area (Å²) in [6.45, 7) is 0. The van der Waals surface area contributed by atoms with Crippen LogP contribution in [0.4, 0.5) is 0 Å². The lowest BCUT2D eigenvalue weighted by Gasteiger charge is -1.93. The molecule has 2 aromatic rings. The average Bonchev–Trinajstić information content (AvgIpc) is 2.99. The molecule has 0 amide bonds. The Labute approximate surface area is 136 Å². The quantitative estimate of drug-likeness (QED) is 0.521. The van der Waals surface area contributed by atoms with E-state index in [4.69, 9.17) is 0 Å². The third-order valence-electron chi connectivity index (χ3n) is 3.45. The summed E-state index contributed by atoms with van der Waals surface area (Å²) in [6, 6.07) is 16.9. The monoisotopic (exact) mass is 388 g/mol. The van der Waals surface area contributed by atoms with Gasteiger partial charge in [0.15, 0.2) is 0 Å². The first-order valence-electron chi connectivity index (χ1n) is 6.60. The summed E-state index contributed by atoms with van der Waals surface area (Å²) in [7, 11) is 0. The van der Waals surface area contributed by atoms with Gasteiger partial charge in [0.1, 0.15) is 0 Å². The molecule has 0 aliphatic heterocycles. The van der Waals surface area contributed by atoms with Crippen molar-refractivity contribution in [3.8, 4) is 0 Å². The van der Waals surface area contributed by atoms with E-state index in [1.807, 2.05) is 0 Å². The summed E-state index contributed by atoms with van der Waals surface area (Å²) in [5.74, 6) is 0. The molecule has 0 saturated carbocycles. The maximum Gasteiger partial charge on any atom is 0.00468 e. The van der Waals surface area contributed by atoms with Gasteiger partial charge < -0.3 is 0 Å². The average molecular weight is 390 g/mol. The van der Waals surface area contributed by atoms with Crippen molar-refractivity contribution in [3.05, 3.63) is 79.7 Å². The van der Waals surface area contributed by atoms with Crippen LogP contribution in [0, 0.1) is 0 Å². The van der Waals surface area contributed by atoms with Crippen LogP contribution in [0.5, 0.6) is 0 Å². The number of hydrogen-bond donors (Lipinski definition) is 0. The standard InChI is InChI=1S/2C9H7Br/c2*10-9-5-7-3-1-2-4-8(7)6-9/h2*1-5H,6H2. The van der Waals surface area contributed by atoms with Crippen molar-refractivity contribution < 1.29 is 0 Å². The van der Waals surface area contributed by atoms with Crippen molar-refractivity contribution in [2.45, 2.75) is 12.8 Å². The number of benzene rings is 2. The zero-order chi connectivity index (χ0) is 13.9. The molecule has 2 heteroatoms. The fraction of sp³-hybridized carbons (Fsp3) is 0.111. The van der Waals surface area contributed by atoms with Crippen LogP contribution < -0.4 is 0 Å². The molecule has 100 valence electrons. The third kappa shape index (κ3) is 3.13. The molecular weight excluding hydrogens is 376 g/mol. The summed E-state index contributed by atoms with van der Waals surface area (Å²) >= 11 is 6.96. The number of hydrogen-bond acceptors (Lipinski definition) is 0. The van der Waals surface area contributed by atoms with Crippen LogP contribution in [-0.2, 0) is 12.8 Å². The molecule has 0 N–H and O–H groups in total. The highest BCUT2D eigenvalue weighted by molar-refractivity contribution is 9.12. The van der Waals surface area contributed by atoms with E-state index in [0.29, 0.717) is 0 Å². The van der Waals surface area contributed by atoms with Gasteiger partial charge in [0.05, 0.1) is 0 Å². The molecule has 0 spiro atoms. The second kappa shape index (κ2) is 6.11. The lowest BCUT2D eigenvalue weighted by Crippen LogP contribution is -1.78. The van der Waals surface area contributed by atoms with E-state index in [-0.39, 0.29) is 0 Å². The van der Waals surface area contributed by atoms with E-state index >= 15 is 0 Å². The molecule has 0 unspecified atom stereocenters. The molecule has 2 aliphatic rings. The number of halogens is 2. The zero-order valence-electron chi connectivity index (χ0n) is 10.9. The molecule has 2 aliphatic carbocycles. The van der Waals surface area contributed by atoms with Crippen LogP contribution in [0.15, 0.2) is 57.5 Å². The van der Waals surface area contributed by atoms with Crippen molar-refractivity contribution in [2.24, 2.45) is 0 Å². The minimum Gasteiger partial charge on any atom is -0.0619 e. The number of rotatable bonds is 0. The largest absolute Gasteiger partial charge is 0.0619 e. The summed E-state index contributed by atoms with van der Waals surface area (Å²) in [5.41, 5.74) is 5.56. The molecule has 20 heavy (non-hydrogen) atoms. The Hall–Kier alpha value is -1.12. The second-order valence-corrected chi connectivity index (χ2v) is 6.97. The van der Waals surface area contributed by atoms with Gasteiger partial charge in [-0.25, -0.2) is 0 Å². The summed E-state index contributed by atoms with van der Waals surface area (Å²) in [5, 5.41) is 0. The molecule has 2 aromatic carbocycles. The fourth-order valence-electron chi connectivity index (χ4n) is 2.48. The van der Waals surface area contributed by atoms with E-state index in [2.05, 4.69) is 92.5 Å². The second-order valence-electron chi connectivity index (χ2n) is 4.93. The number of fused-ring (bicyclic) bond motifs is 2. The molecule has 0 nitrogen and oxygen atoms in total. The Morgan fingerprint density at radius 2 is 1.00 bits per heavy atom. The van der Waals surface area contributed by atoms with Crippen LogP contribution in [0.1, 0.15) is 22.3 Å². The topological polar surface area (TPSA) is 0 Å². The maximum atomic E-state index is 3.48. The van der Waals surface area contributed by atoms with Crippen LogP contribution in [-0.4, -0.2) is 0 Å².